The molecule has 0 unspecified atom stereocenters. The summed E-state index contributed by atoms with van der Waals surface area (Å²) >= 11 is 4.77. The minimum Gasteiger partial charge on any atom is -0.334 e. The van der Waals surface area contributed by atoms with Crippen LogP contribution in [0.15, 0.2) is 23.0 Å². The van der Waals surface area contributed by atoms with Gasteiger partial charge in [0, 0.05) is 0 Å². The first-order chi connectivity index (χ1) is 6.59. The van der Waals surface area contributed by atoms with Gasteiger partial charge in [-0.05, 0) is 30.4 Å². The maximum atomic E-state index is 12.8. The van der Waals surface area contributed by atoms with Gasteiger partial charge in [0.15, 0.2) is 4.77 Å². The summed E-state index contributed by atoms with van der Waals surface area (Å²) in [4.78, 5) is 14.1. The van der Waals surface area contributed by atoms with E-state index in [1.54, 1.807) is 0 Å². The van der Waals surface area contributed by atoms with Gasteiger partial charge >= 0.3 is 0 Å². The molecule has 0 saturated heterocycles. The van der Waals surface area contributed by atoms with Crippen LogP contribution in [-0.4, -0.2) is 9.66 Å². The summed E-state index contributed by atoms with van der Waals surface area (Å²) in [7, 11) is 0. The highest BCUT2D eigenvalue weighted by Crippen LogP contribution is 2.08. The maximum absolute atomic E-state index is 12.8. The van der Waals surface area contributed by atoms with Gasteiger partial charge in [0.25, 0.3) is 5.56 Å². The van der Waals surface area contributed by atoms with E-state index < -0.39 is 11.4 Å². The molecule has 0 radical (unpaired) electrons. The Balaban J connectivity index is 3.06. The number of nitrogens with zero attached hydrogens (tertiary/aromatic N) is 1. The number of halogens is 1. The van der Waals surface area contributed by atoms with Gasteiger partial charge in [0.1, 0.15) is 5.82 Å². The number of nitrogens with one attached hydrogen (secondary N) is 1. The molecule has 6 heteroatoms. The Kier molecular flexibility index (Phi) is 1.85. The highest BCUT2D eigenvalue weighted by Gasteiger charge is 2.03. The number of benzene rings is 1. The van der Waals surface area contributed by atoms with Crippen molar-refractivity contribution in [3.05, 3.63) is 39.1 Å². The van der Waals surface area contributed by atoms with Gasteiger partial charge in [0.2, 0.25) is 0 Å². The fourth-order valence-corrected chi connectivity index (χ4v) is 1.40. The van der Waals surface area contributed by atoms with Crippen molar-refractivity contribution in [3.8, 4) is 0 Å². The molecule has 2 rings (SSSR count). The minimum absolute atomic E-state index is 0.0631. The van der Waals surface area contributed by atoms with Gasteiger partial charge in [-0.2, -0.15) is 4.68 Å². The Morgan fingerprint density at radius 3 is 2.93 bits per heavy atom. The normalized spacial score (nSPS) is 10.6. The standard InChI is InChI=1S/C8H6FN3OS/c9-4-1-2-5-6(3-4)11-8(14)12(10)7(5)13/h1-3H,10H2,(H,11,14). The zero-order valence-electron chi connectivity index (χ0n) is 6.95. The first kappa shape index (κ1) is 8.89. The Bertz CT molecular complexity index is 616. The van der Waals surface area contributed by atoms with Crippen LogP contribution in [0.1, 0.15) is 0 Å². The molecule has 2 aromatic rings. The second-order valence-electron chi connectivity index (χ2n) is 2.80. The van der Waals surface area contributed by atoms with Gasteiger partial charge in [-0.15, -0.1) is 0 Å². The molecule has 4 nitrogen and oxygen atoms in total. The van der Waals surface area contributed by atoms with Crippen molar-refractivity contribution in [1.82, 2.24) is 9.66 Å². The van der Waals surface area contributed by atoms with Crippen LogP contribution in [0, 0.1) is 10.6 Å². The summed E-state index contributed by atoms with van der Waals surface area (Å²) in [6.07, 6.45) is 0. The van der Waals surface area contributed by atoms with E-state index in [9.17, 15) is 9.18 Å². The average Bonchev–Trinajstić information content (AvgIpc) is 2.14. The van der Waals surface area contributed by atoms with E-state index in [1.807, 2.05) is 0 Å². The van der Waals surface area contributed by atoms with Crippen molar-refractivity contribution in [1.29, 1.82) is 0 Å². The van der Waals surface area contributed by atoms with Crippen molar-refractivity contribution < 1.29 is 4.39 Å². The first-order valence-corrected chi connectivity index (χ1v) is 4.20. The number of hydrogen-bond acceptors (Lipinski definition) is 3. The molecule has 3 N–H and O–H groups in total. The Morgan fingerprint density at radius 1 is 1.50 bits per heavy atom. The smallest absolute Gasteiger partial charge is 0.280 e. The topological polar surface area (TPSA) is 63.8 Å². The minimum atomic E-state index is -0.441. The molecule has 0 spiro atoms. The van der Waals surface area contributed by atoms with Gasteiger partial charge in [-0.1, -0.05) is 0 Å². The zero-order chi connectivity index (χ0) is 10.3. The molecule has 0 bridgehead atoms. The van der Waals surface area contributed by atoms with Gasteiger partial charge < -0.3 is 10.8 Å². The highest BCUT2D eigenvalue weighted by molar-refractivity contribution is 7.71. The lowest BCUT2D eigenvalue weighted by molar-refractivity contribution is 0.629. The molecule has 0 aliphatic rings. The third-order valence-corrected chi connectivity index (χ3v) is 2.19. The van der Waals surface area contributed by atoms with E-state index >= 15 is 0 Å². The molecule has 1 heterocycles. The lowest BCUT2D eigenvalue weighted by atomic mass is 10.2. The van der Waals surface area contributed by atoms with Crippen molar-refractivity contribution >= 4 is 23.1 Å². The summed E-state index contributed by atoms with van der Waals surface area (Å²) < 4.78 is 13.7. The Morgan fingerprint density at radius 2 is 2.21 bits per heavy atom. The van der Waals surface area contributed by atoms with E-state index in [0.29, 0.717) is 10.9 Å². The second kappa shape index (κ2) is 2.91. The summed E-state index contributed by atoms with van der Waals surface area (Å²) in [6.45, 7) is 0. The van der Waals surface area contributed by atoms with E-state index in [2.05, 4.69) is 4.98 Å². The SMILES string of the molecule is Nn1c(=S)[nH]c2cc(F)ccc2c1=O. The number of fused-ring (bicyclic) bond motifs is 1. The monoisotopic (exact) mass is 211 g/mol. The molecule has 0 amide bonds. The number of hydrogen-bond donors (Lipinski definition) is 2. The van der Waals surface area contributed by atoms with Crippen LogP contribution in [0.5, 0.6) is 0 Å². The molecule has 1 aromatic carbocycles. The molecule has 0 aliphatic carbocycles. The van der Waals surface area contributed by atoms with Gasteiger partial charge in [0.05, 0.1) is 10.9 Å². The second-order valence-corrected chi connectivity index (χ2v) is 3.18. The molecular formula is C8H6FN3OS. The van der Waals surface area contributed by atoms with E-state index in [0.717, 1.165) is 4.68 Å². The fourth-order valence-electron chi connectivity index (χ4n) is 1.20. The fraction of sp³-hybridized carbons (Fsp3) is 0. The number of H-pyrrole nitrogens is 1. The zero-order valence-corrected chi connectivity index (χ0v) is 7.77. The lowest BCUT2D eigenvalue weighted by Gasteiger charge is -2.01. The summed E-state index contributed by atoms with van der Waals surface area (Å²) in [5.74, 6) is 4.93. The molecular weight excluding hydrogens is 205 g/mol. The third kappa shape index (κ3) is 1.20. The van der Waals surface area contributed by atoms with Crippen molar-refractivity contribution in [3.63, 3.8) is 0 Å². The maximum Gasteiger partial charge on any atom is 0.280 e. The number of nitrogens with two attached hydrogens (primary N) is 1. The number of aromatic nitrogens is 2. The van der Waals surface area contributed by atoms with Crippen LogP contribution >= 0.6 is 12.2 Å². The summed E-state index contributed by atoms with van der Waals surface area (Å²) in [5, 5.41) is 0.308. The number of aromatic amines is 1. The van der Waals surface area contributed by atoms with Gasteiger partial charge in [-0.25, -0.2) is 4.39 Å². The Labute approximate surface area is 82.8 Å². The average molecular weight is 211 g/mol. The van der Waals surface area contributed by atoms with Crippen LogP contribution in [0.25, 0.3) is 10.9 Å². The molecule has 14 heavy (non-hydrogen) atoms. The highest BCUT2D eigenvalue weighted by atomic mass is 32.1. The van der Waals surface area contributed by atoms with E-state index in [-0.39, 0.29) is 4.77 Å². The van der Waals surface area contributed by atoms with Crippen LogP contribution in [0.4, 0.5) is 4.39 Å². The quantitative estimate of drug-likeness (QED) is 0.503. The van der Waals surface area contributed by atoms with Crippen molar-refractivity contribution in [2.45, 2.75) is 0 Å². The van der Waals surface area contributed by atoms with Crippen LogP contribution in [-0.2, 0) is 0 Å². The van der Waals surface area contributed by atoms with E-state index in [1.165, 1.54) is 18.2 Å². The van der Waals surface area contributed by atoms with Crippen LogP contribution in [0.3, 0.4) is 0 Å². The van der Waals surface area contributed by atoms with Crippen molar-refractivity contribution in [2.75, 3.05) is 5.84 Å². The first-order valence-electron chi connectivity index (χ1n) is 3.79. The van der Waals surface area contributed by atoms with Gasteiger partial charge in [-0.3, -0.25) is 4.79 Å². The summed E-state index contributed by atoms with van der Waals surface area (Å²) in [6, 6.07) is 3.76. The van der Waals surface area contributed by atoms with Crippen LogP contribution < -0.4 is 11.4 Å². The molecule has 1 aromatic heterocycles. The molecule has 0 aliphatic heterocycles. The lowest BCUT2D eigenvalue weighted by Crippen LogP contribution is -2.28. The number of nitrogen functional groups attached to an aromatic ring is 1. The largest absolute Gasteiger partial charge is 0.334 e. The number of rotatable bonds is 0. The molecule has 0 fully saturated rings. The van der Waals surface area contributed by atoms with Crippen molar-refractivity contribution in [2.24, 2.45) is 0 Å². The third-order valence-electron chi connectivity index (χ3n) is 1.89. The summed E-state index contributed by atoms with van der Waals surface area (Å²) in [5.41, 5.74) is -0.0922. The molecule has 0 saturated carbocycles. The van der Waals surface area contributed by atoms with Crippen LogP contribution in [0.2, 0.25) is 0 Å². The molecule has 0 atom stereocenters. The predicted octanol–water partition coefficient (Wildman–Crippen LogP) is 0.912. The Hall–Kier alpha value is -1.69. The predicted molar refractivity (Wildman–Crippen MR) is 53.5 cm³/mol. The van der Waals surface area contributed by atoms with E-state index in [4.69, 9.17) is 18.1 Å². The molecule has 72 valence electrons.